The van der Waals surface area contributed by atoms with Crippen molar-refractivity contribution in [3.63, 3.8) is 0 Å². The molecule has 0 aliphatic heterocycles. The summed E-state index contributed by atoms with van der Waals surface area (Å²) in [5.74, 6) is 0.919. The van der Waals surface area contributed by atoms with Crippen molar-refractivity contribution in [2.75, 3.05) is 25.5 Å². The summed E-state index contributed by atoms with van der Waals surface area (Å²) in [7, 11) is 2.07. The number of hydrogen-bond acceptors (Lipinski definition) is 2. The van der Waals surface area contributed by atoms with Gasteiger partial charge in [-0.25, -0.2) is 0 Å². The topological polar surface area (TPSA) is 23.5 Å². The first-order valence-electron chi connectivity index (χ1n) is 4.15. The molecular weight excluding hydrogens is 206 g/mol. The Labute approximate surface area is 76.7 Å². The number of halogens is 1. The van der Waals surface area contributed by atoms with Gasteiger partial charge in [-0.2, -0.15) is 0 Å². The van der Waals surface area contributed by atoms with Gasteiger partial charge in [0.25, 0.3) is 0 Å². The van der Waals surface area contributed by atoms with E-state index in [9.17, 15) is 5.11 Å². The molecule has 0 bridgehead atoms. The second-order valence-electron chi connectivity index (χ2n) is 3.47. The van der Waals surface area contributed by atoms with Crippen molar-refractivity contribution in [2.45, 2.75) is 18.9 Å². The van der Waals surface area contributed by atoms with Gasteiger partial charge >= 0.3 is 0 Å². The maximum absolute atomic E-state index is 9.27. The molecule has 0 amide bonds. The SMILES string of the molecule is CN(CC(O)CBr)CC1CC1. The molecule has 1 fully saturated rings. The summed E-state index contributed by atoms with van der Waals surface area (Å²) < 4.78 is 0. The third kappa shape index (κ3) is 4.09. The minimum absolute atomic E-state index is 0.209. The van der Waals surface area contributed by atoms with Crippen LogP contribution in [0.2, 0.25) is 0 Å². The lowest BCUT2D eigenvalue weighted by Gasteiger charge is -2.18. The van der Waals surface area contributed by atoms with E-state index in [4.69, 9.17) is 0 Å². The Bertz CT molecular complexity index is 117. The molecule has 1 unspecified atom stereocenters. The Balaban J connectivity index is 2.03. The third-order valence-corrected chi connectivity index (χ3v) is 2.71. The Morgan fingerprint density at radius 2 is 2.27 bits per heavy atom. The molecule has 2 nitrogen and oxygen atoms in total. The van der Waals surface area contributed by atoms with E-state index in [1.807, 2.05) is 0 Å². The van der Waals surface area contributed by atoms with Crippen molar-refractivity contribution in [3.8, 4) is 0 Å². The van der Waals surface area contributed by atoms with Crippen LogP contribution in [-0.4, -0.2) is 41.6 Å². The van der Waals surface area contributed by atoms with Crippen LogP contribution in [0.1, 0.15) is 12.8 Å². The van der Waals surface area contributed by atoms with Crippen molar-refractivity contribution in [1.82, 2.24) is 4.90 Å². The van der Waals surface area contributed by atoms with Crippen LogP contribution in [0.25, 0.3) is 0 Å². The lowest BCUT2D eigenvalue weighted by molar-refractivity contribution is 0.144. The summed E-state index contributed by atoms with van der Waals surface area (Å²) in [5, 5.41) is 9.96. The molecular formula is C8H16BrNO. The van der Waals surface area contributed by atoms with Gasteiger partial charge in [0.1, 0.15) is 0 Å². The average molecular weight is 222 g/mol. The van der Waals surface area contributed by atoms with E-state index in [0.29, 0.717) is 5.33 Å². The van der Waals surface area contributed by atoms with Crippen LogP contribution < -0.4 is 0 Å². The summed E-state index contributed by atoms with van der Waals surface area (Å²) in [6.07, 6.45) is 2.56. The summed E-state index contributed by atoms with van der Waals surface area (Å²) >= 11 is 3.25. The summed E-state index contributed by atoms with van der Waals surface area (Å²) in [4.78, 5) is 2.21. The first-order chi connectivity index (χ1) is 5.22. The lowest BCUT2D eigenvalue weighted by Crippen LogP contribution is -2.31. The molecule has 0 aromatic carbocycles. The normalized spacial score (nSPS) is 20.7. The smallest absolute Gasteiger partial charge is 0.0763 e. The molecule has 1 aliphatic carbocycles. The molecule has 0 heterocycles. The maximum Gasteiger partial charge on any atom is 0.0763 e. The van der Waals surface area contributed by atoms with Crippen LogP contribution in [-0.2, 0) is 0 Å². The van der Waals surface area contributed by atoms with Gasteiger partial charge in [0.15, 0.2) is 0 Å². The van der Waals surface area contributed by atoms with Gasteiger partial charge in [-0.05, 0) is 25.8 Å². The van der Waals surface area contributed by atoms with E-state index in [1.54, 1.807) is 0 Å². The van der Waals surface area contributed by atoms with Crippen LogP contribution >= 0.6 is 15.9 Å². The standard InChI is InChI=1S/C8H16BrNO/c1-10(5-7-2-3-7)6-8(11)4-9/h7-8,11H,2-6H2,1H3. The number of hydrogen-bond donors (Lipinski definition) is 1. The molecule has 0 aromatic rings. The summed E-state index contributed by atoms with van der Waals surface area (Å²) in [5.41, 5.74) is 0. The fraction of sp³-hybridized carbons (Fsp3) is 1.00. The van der Waals surface area contributed by atoms with Gasteiger partial charge in [-0.15, -0.1) is 0 Å². The molecule has 1 rings (SSSR count). The van der Waals surface area contributed by atoms with E-state index in [2.05, 4.69) is 27.9 Å². The molecule has 1 aliphatic rings. The highest BCUT2D eigenvalue weighted by atomic mass is 79.9. The number of nitrogens with zero attached hydrogens (tertiary/aromatic N) is 1. The summed E-state index contributed by atoms with van der Waals surface area (Å²) in [6, 6.07) is 0. The van der Waals surface area contributed by atoms with Crippen LogP contribution in [0, 0.1) is 5.92 Å². The first-order valence-corrected chi connectivity index (χ1v) is 5.27. The zero-order valence-electron chi connectivity index (χ0n) is 6.96. The van der Waals surface area contributed by atoms with Gasteiger partial charge < -0.3 is 10.0 Å². The monoisotopic (exact) mass is 221 g/mol. The molecule has 1 saturated carbocycles. The van der Waals surface area contributed by atoms with Gasteiger partial charge in [0.05, 0.1) is 6.10 Å². The Hall–Kier alpha value is 0.400. The molecule has 3 heteroatoms. The fourth-order valence-corrected chi connectivity index (χ4v) is 1.43. The Morgan fingerprint density at radius 1 is 1.64 bits per heavy atom. The number of aliphatic hydroxyl groups is 1. The number of likely N-dealkylation sites (N-methyl/N-ethyl adjacent to an activating group) is 1. The predicted octanol–water partition coefficient (Wildman–Crippen LogP) is 1.08. The number of alkyl halides is 1. The van der Waals surface area contributed by atoms with Crippen LogP contribution in [0.4, 0.5) is 0 Å². The minimum atomic E-state index is -0.209. The quantitative estimate of drug-likeness (QED) is 0.703. The first kappa shape index (κ1) is 9.49. The van der Waals surface area contributed by atoms with Gasteiger partial charge in [-0.1, -0.05) is 15.9 Å². The van der Waals surface area contributed by atoms with E-state index < -0.39 is 0 Å². The van der Waals surface area contributed by atoms with E-state index in [0.717, 1.165) is 19.0 Å². The Kier molecular flexibility index (Phi) is 3.82. The van der Waals surface area contributed by atoms with E-state index in [-0.39, 0.29) is 6.10 Å². The van der Waals surface area contributed by atoms with Crippen molar-refractivity contribution < 1.29 is 5.11 Å². The number of rotatable bonds is 5. The molecule has 0 saturated heterocycles. The van der Waals surface area contributed by atoms with Gasteiger partial charge in [0.2, 0.25) is 0 Å². The van der Waals surface area contributed by atoms with Crippen LogP contribution in [0.5, 0.6) is 0 Å². The molecule has 0 spiro atoms. The molecule has 66 valence electrons. The third-order valence-electron chi connectivity index (χ3n) is 1.97. The van der Waals surface area contributed by atoms with Crippen molar-refractivity contribution in [2.24, 2.45) is 5.92 Å². The van der Waals surface area contributed by atoms with Crippen molar-refractivity contribution in [3.05, 3.63) is 0 Å². The zero-order valence-corrected chi connectivity index (χ0v) is 8.55. The minimum Gasteiger partial charge on any atom is -0.391 e. The van der Waals surface area contributed by atoms with Crippen molar-refractivity contribution >= 4 is 15.9 Å². The fourth-order valence-electron chi connectivity index (χ4n) is 1.22. The van der Waals surface area contributed by atoms with Crippen LogP contribution in [0.3, 0.4) is 0 Å². The number of aliphatic hydroxyl groups excluding tert-OH is 1. The highest BCUT2D eigenvalue weighted by molar-refractivity contribution is 9.09. The highest BCUT2D eigenvalue weighted by Crippen LogP contribution is 2.29. The molecule has 0 radical (unpaired) electrons. The summed E-state index contributed by atoms with van der Waals surface area (Å²) in [6.45, 7) is 1.95. The largest absolute Gasteiger partial charge is 0.391 e. The van der Waals surface area contributed by atoms with E-state index >= 15 is 0 Å². The van der Waals surface area contributed by atoms with Gasteiger partial charge in [0, 0.05) is 18.4 Å². The molecule has 0 aromatic heterocycles. The predicted molar refractivity (Wildman–Crippen MR) is 50.0 cm³/mol. The highest BCUT2D eigenvalue weighted by Gasteiger charge is 2.23. The molecule has 1 N–H and O–H groups in total. The zero-order chi connectivity index (χ0) is 8.27. The second-order valence-corrected chi connectivity index (χ2v) is 4.12. The lowest BCUT2D eigenvalue weighted by atomic mass is 10.3. The van der Waals surface area contributed by atoms with Gasteiger partial charge in [-0.3, -0.25) is 0 Å². The second kappa shape index (κ2) is 4.43. The Morgan fingerprint density at radius 3 is 2.73 bits per heavy atom. The van der Waals surface area contributed by atoms with Crippen molar-refractivity contribution in [1.29, 1.82) is 0 Å². The van der Waals surface area contributed by atoms with E-state index in [1.165, 1.54) is 12.8 Å². The average Bonchev–Trinajstić information content (AvgIpc) is 2.71. The maximum atomic E-state index is 9.27. The molecule has 11 heavy (non-hydrogen) atoms. The van der Waals surface area contributed by atoms with Crippen LogP contribution in [0.15, 0.2) is 0 Å². The molecule has 1 atom stereocenters.